The third-order valence-electron chi connectivity index (χ3n) is 4.24. The summed E-state index contributed by atoms with van der Waals surface area (Å²) in [6.45, 7) is 3.22. The number of thioether (sulfide) groups is 1. The van der Waals surface area contributed by atoms with E-state index in [9.17, 15) is 19.6 Å². The zero-order chi connectivity index (χ0) is 21.4. The maximum absolute atomic E-state index is 12.9. The SMILES string of the molecule is CSc1ccc(/C=C2/C(=O)N(CCOCCOC(C)=O)C(=O)C(C#N)=C2C)cc1. The highest BCUT2D eigenvalue weighted by Crippen LogP contribution is 2.27. The van der Waals surface area contributed by atoms with Crippen LogP contribution in [0, 0.1) is 11.3 Å². The van der Waals surface area contributed by atoms with Gasteiger partial charge in [-0.2, -0.15) is 5.26 Å². The molecule has 0 unspecified atom stereocenters. The lowest BCUT2D eigenvalue weighted by Gasteiger charge is -2.27. The van der Waals surface area contributed by atoms with Crippen molar-refractivity contribution in [2.24, 2.45) is 0 Å². The van der Waals surface area contributed by atoms with Gasteiger partial charge >= 0.3 is 5.97 Å². The van der Waals surface area contributed by atoms with Crippen molar-refractivity contribution in [1.29, 1.82) is 5.26 Å². The number of imide groups is 1. The van der Waals surface area contributed by atoms with Gasteiger partial charge in [0, 0.05) is 17.4 Å². The highest BCUT2D eigenvalue weighted by molar-refractivity contribution is 7.98. The molecule has 0 saturated heterocycles. The number of hydrogen-bond acceptors (Lipinski definition) is 7. The van der Waals surface area contributed by atoms with Crippen LogP contribution in [-0.2, 0) is 23.9 Å². The van der Waals surface area contributed by atoms with Crippen LogP contribution in [-0.4, -0.2) is 55.3 Å². The second-order valence-electron chi connectivity index (χ2n) is 6.16. The van der Waals surface area contributed by atoms with Crippen molar-refractivity contribution in [3.8, 4) is 6.07 Å². The van der Waals surface area contributed by atoms with Crippen LogP contribution in [0.3, 0.4) is 0 Å². The van der Waals surface area contributed by atoms with Crippen LogP contribution in [0.15, 0.2) is 45.9 Å². The van der Waals surface area contributed by atoms with Gasteiger partial charge in [-0.05, 0) is 42.5 Å². The predicted octanol–water partition coefficient (Wildman–Crippen LogP) is 2.58. The van der Waals surface area contributed by atoms with Crippen molar-refractivity contribution in [3.05, 3.63) is 46.5 Å². The number of rotatable bonds is 8. The molecule has 7 nitrogen and oxygen atoms in total. The third-order valence-corrected chi connectivity index (χ3v) is 4.99. The number of amides is 2. The molecule has 0 aromatic heterocycles. The fourth-order valence-corrected chi connectivity index (χ4v) is 3.11. The van der Waals surface area contributed by atoms with Crippen LogP contribution in [0.25, 0.3) is 6.08 Å². The van der Waals surface area contributed by atoms with Crippen molar-refractivity contribution in [3.63, 3.8) is 0 Å². The molecule has 0 spiro atoms. The van der Waals surface area contributed by atoms with E-state index in [0.717, 1.165) is 15.4 Å². The molecule has 1 aliphatic heterocycles. The van der Waals surface area contributed by atoms with Gasteiger partial charge in [0.25, 0.3) is 11.8 Å². The fourth-order valence-electron chi connectivity index (χ4n) is 2.70. The first-order chi connectivity index (χ1) is 13.9. The van der Waals surface area contributed by atoms with Crippen LogP contribution >= 0.6 is 11.8 Å². The number of benzene rings is 1. The van der Waals surface area contributed by atoms with Gasteiger partial charge in [0.2, 0.25) is 0 Å². The van der Waals surface area contributed by atoms with E-state index in [0.29, 0.717) is 11.1 Å². The van der Waals surface area contributed by atoms with Crippen LogP contribution in [0.1, 0.15) is 19.4 Å². The summed E-state index contributed by atoms with van der Waals surface area (Å²) in [6, 6.07) is 9.54. The Morgan fingerprint density at radius 3 is 2.45 bits per heavy atom. The summed E-state index contributed by atoms with van der Waals surface area (Å²) >= 11 is 1.61. The predicted molar refractivity (Wildman–Crippen MR) is 109 cm³/mol. The molecule has 0 bridgehead atoms. The molecule has 0 aliphatic carbocycles. The summed E-state index contributed by atoms with van der Waals surface area (Å²) in [5.74, 6) is -1.51. The number of carbonyl (C=O) groups is 3. The molecule has 8 heteroatoms. The molecular formula is C21H22N2O5S. The van der Waals surface area contributed by atoms with Crippen LogP contribution in [0.2, 0.25) is 0 Å². The van der Waals surface area contributed by atoms with Gasteiger partial charge in [0.05, 0.1) is 19.8 Å². The van der Waals surface area contributed by atoms with Crippen molar-refractivity contribution in [2.75, 3.05) is 32.6 Å². The normalized spacial score (nSPS) is 15.7. The largest absolute Gasteiger partial charge is 0.463 e. The summed E-state index contributed by atoms with van der Waals surface area (Å²) in [5, 5.41) is 9.41. The van der Waals surface area contributed by atoms with Gasteiger partial charge in [-0.25, -0.2) is 0 Å². The van der Waals surface area contributed by atoms with Crippen molar-refractivity contribution in [1.82, 2.24) is 4.90 Å². The number of carbonyl (C=O) groups excluding carboxylic acids is 3. The van der Waals surface area contributed by atoms with E-state index >= 15 is 0 Å². The van der Waals surface area contributed by atoms with E-state index in [1.165, 1.54) is 6.92 Å². The zero-order valence-corrected chi connectivity index (χ0v) is 17.4. The minimum Gasteiger partial charge on any atom is -0.463 e. The van der Waals surface area contributed by atoms with Gasteiger partial charge in [-0.3, -0.25) is 19.3 Å². The highest BCUT2D eigenvalue weighted by Gasteiger charge is 2.35. The van der Waals surface area contributed by atoms with E-state index < -0.39 is 17.8 Å². The number of ether oxygens (including phenoxy) is 2. The number of hydrogen-bond donors (Lipinski definition) is 0. The zero-order valence-electron chi connectivity index (χ0n) is 16.6. The second kappa shape index (κ2) is 10.6. The van der Waals surface area contributed by atoms with Gasteiger partial charge in [0.1, 0.15) is 18.2 Å². The van der Waals surface area contributed by atoms with Gasteiger partial charge in [0.15, 0.2) is 0 Å². The van der Waals surface area contributed by atoms with Crippen LogP contribution in [0.4, 0.5) is 0 Å². The van der Waals surface area contributed by atoms with Gasteiger partial charge < -0.3 is 9.47 Å². The average Bonchev–Trinajstić information content (AvgIpc) is 2.70. The summed E-state index contributed by atoms with van der Waals surface area (Å²) < 4.78 is 10.1. The maximum atomic E-state index is 12.9. The molecule has 0 atom stereocenters. The first-order valence-corrected chi connectivity index (χ1v) is 10.2. The van der Waals surface area contributed by atoms with E-state index in [-0.39, 0.29) is 31.9 Å². The summed E-state index contributed by atoms with van der Waals surface area (Å²) in [5.41, 5.74) is 1.41. The Bertz CT molecular complexity index is 897. The molecule has 29 heavy (non-hydrogen) atoms. The Labute approximate surface area is 174 Å². The lowest BCUT2D eigenvalue weighted by molar-refractivity contribution is -0.142. The molecule has 1 aromatic rings. The fraction of sp³-hybridized carbons (Fsp3) is 0.333. The first kappa shape index (κ1) is 22.4. The lowest BCUT2D eigenvalue weighted by Crippen LogP contribution is -2.44. The third kappa shape index (κ3) is 5.79. The Hall–Kier alpha value is -2.89. The topological polar surface area (TPSA) is 96.7 Å². The molecule has 0 N–H and O–H groups in total. The Morgan fingerprint density at radius 2 is 1.86 bits per heavy atom. The van der Waals surface area contributed by atoms with E-state index in [2.05, 4.69) is 0 Å². The van der Waals surface area contributed by atoms with Crippen molar-refractivity contribution < 1.29 is 23.9 Å². The second-order valence-corrected chi connectivity index (χ2v) is 7.04. The highest BCUT2D eigenvalue weighted by atomic mass is 32.2. The molecule has 2 rings (SSSR count). The first-order valence-electron chi connectivity index (χ1n) is 8.93. The number of esters is 1. The number of nitriles is 1. The van der Waals surface area contributed by atoms with E-state index in [1.807, 2.05) is 36.6 Å². The smallest absolute Gasteiger partial charge is 0.302 e. The number of nitrogens with zero attached hydrogens (tertiary/aromatic N) is 2. The molecule has 152 valence electrons. The van der Waals surface area contributed by atoms with Crippen LogP contribution in [0.5, 0.6) is 0 Å². The molecule has 0 saturated carbocycles. The van der Waals surface area contributed by atoms with Crippen molar-refractivity contribution in [2.45, 2.75) is 18.7 Å². The molecule has 1 aromatic carbocycles. The maximum Gasteiger partial charge on any atom is 0.302 e. The Balaban J connectivity index is 2.17. The minimum atomic E-state index is -0.631. The molecular weight excluding hydrogens is 392 g/mol. The minimum absolute atomic E-state index is 0.00104. The molecule has 0 radical (unpaired) electrons. The summed E-state index contributed by atoms with van der Waals surface area (Å²) in [6.07, 6.45) is 3.65. The monoisotopic (exact) mass is 414 g/mol. The summed E-state index contributed by atoms with van der Waals surface area (Å²) in [4.78, 5) is 38.3. The average molecular weight is 414 g/mol. The van der Waals surface area contributed by atoms with E-state index in [4.69, 9.17) is 9.47 Å². The lowest BCUT2D eigenvalue weighted by atomic mass is 9.94. The van der Waals surface area contributed by atoms with Crippen molar-refractivity contribution >= 4 is 35.6 Å². The molecule has 0 fully saturated rings. The molecule has 1 heterocycles. The van der Waals surface area contributed by atoms with Gasteiger partial charge in [-0.1, -0.05) is 12.1 Å². The summed E-state index contributed by atoms with van der Waals surface area (Å²) in [7, 11) is 0. The standard InChI is InChI=1S/C21H22N2O5S/c1-14-18(12-16-4-6-17(29-3)7-5-16)20(25)23(21(26)19(14)13-22)8-9-27-10-11-28-15(2)24/h4-7,12H,8-11H2,1-3H3/b18-12+. The molecule has 2 amide bonds. The Morgan fingerprint density at radius 1 is 1.17 bits per heavy atom. The quantitative estimate of drug-likeness (QED) is 0.212. The van der Waals surface area contributed by atoms with E-state index in [1.54, 1.807) is 24.8 Å². The van der Waals surface area contributed by atoms with Crippen LogP contribution < -0.4 is 0 Å². The van der Waals surface area contributed by atoms with Gasteiger partial charge in [-0.15, -0.1) is 11.8 Å². The molecule has 1 aliphatic rings. The Kier molecular flexibility index (Phi) is 8.19.